The molecule has 0 spiro atoms. The second-order valence-corrected chi connectivity index (χ2v) is 7.79. The molecule has 3 rings (SSSR count). The molecule has 0 saturated heterocycles. The van der Waals surface area contributed by atoms with E-state index in [0.29, 0.717) is 22.2 Å². The summed E-state index contributed by atoms with van der Waals surface area (Å²) in [5.74, 6) is 1.47. The van der Waals surface area contributed by atoms with Gasteiger partial charge in [0.2, 0.25) is 0 Å². The maximum atomic E-state index is 12.7. The van der Waals surface area contributed by atoms with Crippen LogP contribution in [0, 0.1) is 5.92 Å². The summed E-state index contributed by atoms with van der Waals surface area (Å²) in [4.78, 5) is 4.52. The maximum Gasteiger partial charge on any atom is 0.387 e. The lowest BCUT2D eigenvalue weighted by Gasteiger charge is -2.28. The Morgan fingerprint density at radius 2 is 1.93 bits per heavy atom. The summed E-state index contributed by atoms with van der Waals surface area (Å²) < 4.78 is 30.0. The zero-order chi connectivity index (χ0) is 19.2. The van der Waals surface area contributed by atoms with Crippen LogP contribution < -0.4 is 4.74 Å². The number of pyridine rings is 1. The van der Waals surface area contributed by atoms with Crippen molar-refractivity contribution in [3.8, 4) is 17.0 Å². The Hall–Kier alpha value is -1.68. The Labute approximate surface area is 164 Å². The first-order chi connectivity index (χ1) is 13.1. The average Bonchev–Trinajstić information content (AvgIpc) is 2.67. The summed E-state index contributed by atoms with van der Waals surface area (Å²) >= 11 is 5.91. The summed E-state index contributed by atoms with van der Waals surface area (Å²) in [6.45, 7) is -0.651. The van der Waals surface area contributed by atoms with Gasteiger partial charge in [-0.2, -0.15) is 8.78 Å². The predicted octanol–water partition coefficient (Wildman–Crippen LogP) is 7.47. The fourth-order valence-corrected chi connectivity index (χ4v) is 4.15. The first-order valence-corrected chi connectivity index (χ1v) is 10.1. The van der Waals surface area contributed by atoms with Crippen LogP contribution in [-0.2, 0) is 0 Å². The molecule has 2 nitrogen and oxygen atoms in total. The predicted molar refractivity (Wildman–Crippen MR) is 106 cm³/mol. The van der Waals surface area contributed by atoms with E-state index in [9.17, 15) is 8.78 Å². The zero-order valence-electron chi connectivity index (χ0n) is 15.6. The van der Waals surface area contributed by atoms with Gasteiger partial charge in [0.1, 0.15) is 5.75 Å². The molecule has 2 aromatic rings. The number of alkyl halides is 2. The van der Waals surface area contributed by atoms with Crippen molar-refractivity contribution >= 4 is 11.6 Å². The monoisotopic (exact) mass is 393 g/mol. The molecule has 1 aliphatic rings. The third-order valence-electron chi connectivity index (χ3n) is 5.51. The van der Waals surface area contributed by atoms with Crippen LogP contribution in [0.15, 0.2) is 36.5 Å². The highest BCUT2D eigenvalue weighted by Gasteiger charge is 2.22. The van der Waals surface area contributed by atoms with E-state index in [4.69, 9.17) is 11.6 Å². The van der Waals surface area contributed by atoms with Gasteiger partial charge in [-0.3, -0.25) is 4.98 Å². The van der Waals surface area contributed by atoms with E-state index in [-0.39, 0.29) is 5.75 Å². The number of rotatable bonds is 7. The summed E-state index contributed by atoms with van der Waals surface area (Å²) in [7, 11) is 0. The van der Waals surface area contributed by atoms with Gasteiger partial charge >= 0.3 is 6.61 Å². The third-order valence-corrected chi connectivity index (χ3v) is 5.74. The minimum absolute atomic E-state index is 0.0502. The van der Waals surface area contributed by atoms with Crippen LogP contribution in [0.3, 0.4) is 0 Å². The lowest BCUT2D eigenvalue weighted by Crippen LogP contribution is -2.13. The van der Waals surface area contributed by atoms with Crippen LogP contribution in [0.1, 0.15) is 63.4 Å². The molecule has 5 heteroatoms. The first-order valence-electron chi connectivity index (χ1n) is 9.77. The SMILES string of the molecule is CCCCC1CCC(c2ccc(-c3ccc(Cl)cc3OC(F)F)nc2)CC1. The van der Waals surface area contributed by atoms with Crippen LogP contribution in [0.2, 0.25) is 5.02 Å². The number of unbranched alkanes of at least 4 members (excludes halogenated alkanes) is 1. The lowest BCUT2D eigenvalue weighted by molar-refractivity contribution is -0.0494. The summed E-state index contributed by atoms with van der Waals surface area (Å²) in [5, 5.41) is 0.353. The Balaban J connectivity index is 1.69. The fraction of sp³-hybridized carbons (Fsp3) is 0.500. The Kier molecular flexibility index (Phi) is 7.06. The van der Waals surface area contributed by atoms with Crippen LogP contribution in [0.4, 0.5) is 8.78 Å². The number of halogens is 3. The van der Waals surface area contributed by atoms with Gasteiger partial charge in [-0.15, -0.1) is 0 Å². The highest BCUT2D eigenvalue weighted by molar-refractivity contribution is 6.30. The molecule has 1 saturated carbocycles. The van der Waals surface area contributed by atoms with Crippen molar-refractivity contribution in [1.82, 2.24) is 4.98 Å². The molecule has 0 bridgehead atoms. The number of hydrogen-bond donors (Lipinski definition) is 0. The molecule has 1 fully saturated rings. The van der Waals surface area contributed by atoms with Crippen molar-refractivity contribution in [2.45, 2.75) is 64.4 Å². The van der Waals surface area contributed by atoms with Gasteiger partial charge in [-0.1, -0.05) is 43.9 Å². The van der Waals surface area contributed by atoms with Gasteiger partial charge in [0.25, 0.3) is 0 Å². The average molecular weight is 394 g/mol. The largest absolute Gasteiger partial charge is 0.434 e. The van der Waals surface area contributed by atoms with E-state index in [1.54, 1.807) is 12.1 Å². The summed E-state index contributed by atoms with van der Waals surface area (Å²) in [6, 6.07) is 8.68. The Morgan fingerprint density at radius 1 is 1.15 bits per heavy atom. The van der Waals surface area contributed by atoms with E-state index < -0.39 is 6.61 Å². The lowest BCUT2D eigenvalue weighted by atomic mass is 9.77. The van der Waals surface area contributed by atoms with E-state index in [1.807, 2.05) is 12.3 Å². The molecule has 0 aliphatic heterocycles. The number of benzene rings is 1. The maximum absolute atomic E-state index is 12.7. The van der Waals surface area contributed by atoms with Crippen molar-refractivity contribution < 1.29 is 13.5 Å². The smallest absolute Gasteiger partial charge is 0.387 e. The van der Waals surface area contributed by atoms with Crippen LogP contribution in [-0.4, -0.2) is 11.6 Å². The van der Waals surface area contributed by atoms with Gasteiger partial charge in [-0.25, -0.2) is 0 Å². The molecule has 0 unspecified atom stereocenters. The second-order valence-electron chi connectivity index (χ2n) is 7.36. The van der Waals surface area contributed by atoms with Crippen molar-refractivity contribution in [2.24, 2.45) is 5.92 Å². The Bertz CT molecular complexity index is 728. The van der Waals surface area contributed by atoms with Crippen molar-refractivity contribution in [2.75, 3.05) is 0 Å². The minimum atomic E-state index is -2.90. The van der Waals surface area contributed by atoms with Crippen molar-refractivity contribution in [3.05, 3.63) is 47.1 Å². The second kappa shape index (κ2) is 9.50. The number of ether oxygens (including phenoxy) is 1. The molecular formula is C22H26ClF2NO. The highest BCUT2D eigenvalue weighted by Crippen LogP contribution is 2.38. The molecule has 0 amide bonds. The third kappa shape index (κ3) is 5.41. The van der Waals surface area contributed by atoms with E-state index in [1.165, 1.54) is 56.6 Å². The number of nitrogens with zero attached hydrogens (tertiary/aromatic N) is 1. The molecule has 27 heavy (non-hydrogen) atoms. The van der Waals surface area contributed by atoms with Gasteiger partial charge in [0.15, 0.2) is 0 Å². The van der Waals surface area contributed by atoms with Crippen molar-refractivity contribution in [3.63, 3.8) is 0 Å². The van der Waals surface area contributed by atoms with E-state index in [0.717, 1.165) is 5.92 Å². The highest BCUT2D eigenvalue weighted by atomic mass is 35.5. The number of hydrogen-bond acceptors (Lipinski definition) is 2. The minimum Gasteiger partial charge on any atom is -0.434 e. The molecule has 0 atom stereocenters. The van der Waals surface area contributed by atoms with Gasteiger partial charge < -0.3 is 4.74 Å². The van der Waals surface area contributed by atoms with Crippen LogP contribution in [0.25, 0.3) is 11.3 Å². The van der Waals surface area contributed by atoms with Crippen LogP contribution in [0.5, 0.6) is 5.75 Å². The molecular weight excluding hydrogens is 368 g/mol. The summed E-state index contributed by atoms with van der Waals surface area (Å²) in [5.41, 5.74) is 2.37. The molecule has 0 radical (unpaired) electrons. The summed E-state index contributed by atoms with van der Waals surface area (Å²) in [6.07, 6.45) is 10.8. The number of aromatic nitrogens is 1. The van der Waals surface area contributed by atoms with E-state index >= 15 is 0 Å². The molecule has 1 aliphatic carbocycles. The fourth-order valence-electron chi connectivity index (χ4n) is 3.98. The Morgan fingerprint density at radius 3 is 2.56 bits per heavy atom. The quantitative estimate of drug-likeness (QED) is 0.486. The molecule has 1 heterocycles. The topological polar surface area (TPSA) is 22.1 Å². The first kappa shape index (κ1) is 20.1. The van der Waals surface area contributed by atoms with Crippen LogP contribution >= 0.6 is 11.6 Å². The standard InChI is InChI=1S/C22H26ClF2NO/c1-2-3-4-15-5-7-16(8-6-15)17-9-12-20(26-14-17)19-11-10-18(23)13-21(19)27-22(24)25/h9-16,22H,2-8H2,1H3. The van der Waals surface area contributed by atoms with Crippen molar-refractivity contribution in [1.29, 1.82) is 0 Å². The van der Waals surface area contributed by atoms with Gasteiger partial charge in [0.05, 0.1) is 5.69 Å². The molecule has 0 N–H and O–H groups in total. The normalized spacial score (nSPS) is 20.0. The molecule has 1 aromatic carbocycles. The van der Waals surface area contributed by atoms with E-state index in [2.05, 4.69) is 22.7 Å². The van der Waals surface area contributed by atoms with Gasteiger partial charge in [0, 0.05) is 16.8 Å². The zero-order valence-corrected chi connectivity index (χ0v) is 16.4. The molecule has 1 aromatic heterocycles. The van der Waals surface area contributed by atoms with Gasteiger partial charge in [-0.05, 0) is 67.3 Å². The molecule has 146 valence electrons.